The van der Waals surface area contributed by atoms with Crippen molar-refractivity contribution < 1.29 is 0 Å². The molecule has 0 atom stereocenters. The Morgan fingerprint density at radius 1 is 0.857 bits per heavy atom. The topological polar surface area (TPSA) is 30.3 Å². The van der Waals surface area contributed by atoms with Gasteiger partial charge < -0.3 is 9.80 Å². The van der Waals surface area contributed by atoms with E-state index in [1.54, 1.807) is 0 Å². The lowest BCUT2D eigenvalue weighted by atomic mass is 10.1. The van der Waals surface area contributed by atoms with Crippen molar-refractivity contribution in [3.8, 4) is 0 Å². The molecule has 1 saturated heterocycles. The summed E-state index contributed by atoms with van der Waals surface area (Å²) in [5.41, 5.74) is 3.52. The molecule has 2 aromatic rings. The molecule has 0 bridgehead atoms. The Balaban J connectivity index is 1.63. The molecule has 0 amide bonds. The minimum absolute atomic E-state index is 0.641. The molecule has 1 N–H and O–H groups in total. The van der Waals surface area contributed by atoms with Crippen LogP contribution in [0.3, 0.4) is 0 Å². The minimum Gasteiger partial charge on any atom is -0.368 e. The van der Waals surface area contributed by atoms with Gasteiger partial charge in [0.15, 0.2) is 0 Å². The number of benzene rings is 2. The fourth-order valence-electron chi connectivity index (χ4n) is 2.72. The highest BCUT2D eigenvalue weighted by molar-refractivity contribution is 5.96. The van der Waals surface area contributed by atoms with Crippen molar-refractivity contribution in [3.05, 3.63) is 65.7 Å². The summed E-state index contributed by atoms with van der Waals surface area (Å²) >= 11 is 0. The van der Waals surface area contributed by atoms with Gasteiger partial charge in [0.2, 0.25) is 0 Å². The summed E-state index contributed by atoms with van der Waals surface area (Å²) in [6, 6.07) is 18.7. The fraction of sp³-hybridized carbons (Fsp3) is 0.278. The van der Waals surface area contributed by atoms with E-state index in [-0.39, 0.29) is 0 Å². The Morgan fingerprint density at radius 3 is 2.10 bits per heavy atom. The van der Waals surface area contributed by atoms with Crippen LogP contribution < -0.4 is 4.90 Å². The summed E-state index contributed by atoms with van der Waals surface area (Å²) in [5, 5.41) is 8.37. The molecule has 0 aromatic heterocycles. The van der Waals surface area contributed by atoms with E-state index in [9.17, 15) is 0 Å². The number of aryl methyl sites for hydroxylation is 1. The van der Waals surface area contributed by atoms with Crippen molar-refractivity contribution in [2.45, 2.75) is 6.92 Å². The Kier molecular flexibility index (Phi) is 3.91. The molecule has 3 heteroatoms. The van der Waals surface area contributed by atoms with Gasteiger partial charge in [0, 0.05) is 37.4 Å². The van der Waals surface area contributed by atoms with Gasteiger partial charge in [-0.05, 0) is 19.1 Å². The Bertz CT molecular complexity index is 596. The molecule has 1 aliphatic heterocycles. The zero-order valence-corrected chi connectivity index (χ0v) is 12.4. The third-order valence-corrected chi connectivity index (χ3v) is 4.04. The van der Waals surface area contributed by atoms with E-state index >= 15 is 0 Å². The Morgan fingerprint density at radius 2 is 1.48 bits per heavy atom. The number of nitrogens with zero attached hydrogens (tertiary/aromatic N) is 2. The first-order valence-electron chi connectivity index (χ1n) is 7.44. The highest BCUT2D eigenvalue weighted by Gasteiger charge is 2.19. The second-order valence-corrected chi connectivity index (χ2v) is 5.52. The second kappa shape index (κ2) is 6.00. The van der Waals surface area contributed by atoms with Gasteiger partial charge in [0.25, 0.3) is 0 Å². The maximum absolute atomic E-state index is 8.37. The smallest absolute Gasteiger partial charge is 0.128 e. The van der Waals surface area contributed by atoms with Crippen LogP contribution in [0, 0.1) is 12.3 Å². The van der Waals surface area contributed by atoms with Crippen LogP contribution in [0.2, 0.25) is 0 Å². The van der Waals surface area contributed by atoms with Gasteiger partial charge in [0.05, 0.1) is 0 Å². The Hall–Kier alpha value is -2.29. The fourth-order valence-corrected chi connectivity index (χ4v) is 2.72. The van der Waals surface area contributed by atoms with Crippen LogP contribution >= 0.6 is 0 Å². The number of para-hydroxylation sites is 1. The molecule has 21 heavy (non-hydrogen) atoms. The summed E-state index contributed by atoms with van der Waals surface area (Å²) in [4.78, 5) is 4.56. The van der Waals surface area contributed by atoms with E-state index in [2.05, 4.69) is 53.1 Å². The van der Waals surface area contributed by atoms with Crippen molar-refractivity contribution >= 4 is 11.5 Å². The molecule has 1 heterocycles. The largest absolute Gasteiger partial charge is 0.368 e. The lowest BCUT2D eigenvalue weighted by Gasteiger charge is -2.37. The van der Waals surface area contributed by atoms with E-state index in [1.807, 2.05) is 18.2 Å². The van der Waals surface area contributed by atoms with E-state index in [4.69, 9.17) is 5.41 Å². The molecule has 3 rings (SSSR count). The van der Waals surface area contributed by atoms with E-state index in [0.29, 0.717) is 5.84 Å². The minimum atomic E-state index is 0.641. The van der Waals surface area contributed by atoms with Crippen molar-refractivity contribution in [3.63, 3.8) is 0 Å². The molecule has 1 aliphatic rings. The molecular formula is C18H21N3. The van der Waals surface area contributed by atoms with Crippen LogP contribution in [0.15, 0.2) is 54.6 Å². The summed E-state index contributed by atoms with van der Waals surface area (Å²) in [6.07, 6.45) is 0. The molecule has 0 saturated carbocycles. The predicted molar refractivity (Wildman–Crippen MR) is 88.2 cm³/mol. The molecule has 0 spiro atoms. The zero-order chi connectivity index (χ0) is 14.7. The lowest BCUT2D eigenvalue weighted by molar-refractivity contribution is 0.384. The normalized spacial score (nSPS) is 15.1. The highest BCUT2D eigenvalue weighted by Crippen LogP contribution is 2.17. The zero-order valence-electron chi connectivity index (χ0n) is 12.4. The monoisotopic (exact) mass is 279 g/mol. The average molecular weight is 279 g/mol. The van der Waals surface area contributed by atoms with Gasteiger partial charge in [-0.3, -0.25) is 5.41 Å². The third-order valence-electron chi connectivity index (χ3n) is 4.04. The van der Waals surface area contributed by atoms with Crippen LogP contribution in [-0.2, 0) is 0 Å². The van der Waals surface area contributed by atoms with Crippen LogP contribution in [0.4, 0.5) is 5.69 Å². The SMILES string of the molecule is Cc1ccc(C(=N)N2CCN(c3ccccc3)CC2)cc1. The second-order valence-electron chi connectivity index (χ2n) is 5.52. The number of nitrogens with one attached hydrogen (secondary N) is 1. The van der Waals surface area contributed by atoms with Crippen LogP contribution in [0.25, 0.3) is 0 Å². The van der Waals surface area contributed by atoms with Crippen LogP contribution in [-0.4, -0.2) is 36.9 Å². The lowest BCUT2D eigenvalue weighted by Crippen LogP contribution is -2.48. The molecular weight excluding hydrogens is 258 g/mol. The number of anilines is 1. The summed E-state index contributed by atoms with van der Waals surface area (Å²) in [7, 11) is 0. The van der Waals surface area contributed by atoms with Gasteiger partial charge in [-0.25, -0.2) is 0 Å². The average Bonchev–Trinajstić information content (AvgIpc) is 2.56. The number of hydrogen-bond donors (Lipinski definition) is 1. The highest BCUT2D eigenvalue weighted by atomic mass is 15.3. The Labute approximate surface area is 126 Å². The molecule has 0 unspecified atom stereocenters. The number of hydrogen-bond acceptors (Lipinski definition) is 2. The summed E-state index contributed by atoms with van der Waals surface area (Å²) in [5.74, 6) is 0.641. The molecule has 0 radical (unpaired) electrons. The van der Waals surface area contributed by atoms with E-state index < -0.39 is 0 Å². The van der Waals surface area contributed by atoms with Gasteiger partial charge in [-0.1, -0.05) is 48.0 Å². The van der Waals surface area contributed by atoms with Crippen LogP contribution in [0.5, 0.6) is 0 Å². The van der Waals surface area contributed by atoms with Crippen LogP contribution in [0.1, 0.15) is 11.1 Å². The number of piperazine rings is 1. The first kappa shape index (κ1) is 13.7. The molecule has 1 fully saturated rings. The van der Waals surface area contributed by atoms with Crippen molar-refractivity contribution in [1.29, 1.82) is 5.41 Å². The summed E-state index contributed by atoms with van der Waals surface area (Å²) < 4.78 is 0. The molecule has 2 aromatic carbocycles. The third kappa shape index (κ3) is 3.07. The quantitative estimate of drug-likeness (QED) is 0.676. The first-order valence-corrected chi connectivity index (χ1v) is 7.44. The number of rotatable bonds is 2. The predicted octanol–water partition coefficient (Wildman–Crippen LogP) is 3.14. The maximum atomic E-state index is 8.37. The first-order chi connectivity index (χ1) is 10.2. The van der Waals surface area contributed by atoms with Crippen molar-refractivity contribution in [1.82, 2.24) is 4.90 Å². The summed E-state index contributed by atoms with van der Waals surface area (Å²) in [6.45, 7) is 5.83. The number of amidine groups is 1. The van der Waals surface area contributed by atoms with Crippen molar-refractivity contribution in [2.24, 2.45) is 0 Å². The van der Waals surface area contributed by atoms with Gasteiger partial charge in [-0.15, -0.1) is 0 Å². The van der Waals surface area contributed by atoms with Gasteiger partial charge >= 0.3 is 0 Å². The molecule has 3 nitrogen and oxygen atoms in total. The van der Waals surface area contributed by atoms with Gasteiger partial charge in [-0.2, -0.15) is 0 Å². The van der Waals surface area contributed by atoms with E-state index in [1.165, 1.54) is 11.3 Å². The van der Waals surface area contributed by atoms with Crippen molar-refractivity contribution in [2.75, 3.05) is 31.1 Å². The van der Waals surface area contributed by atoms with Gasteiger partial charge in [0.1, 0.15) is 5.84 Å². The maximum Gasteiger partial charge on any atom is 0.128 e. The van der Waals surface area contributed by atoms with E-state index in [0.717, 1.165) is 31.7 Å². The standard InChI is InChI=1S/C18H21N3/c1-15-7-9-16(10-8-15)18(19)21-13-11-20(12-14-21)17-5-3-2-4-6-17/h2-10,19H,11-14H2,1H3. The molecule has 108 valence electrons. The molecule has 0 aliphatic carbocycles.